The summed E-state index contributed by atoms with van der Waals surface area (Å²) >= 11 is 1.61. The van der Waals surface area contributed by atoms with Crippen LogP contribution in [0.2, 0.25) is 0 Å². The average Bonchev–Trinajstić information content (AvgIpc) is 2.84. The lowest BCUT2D eigenvalue weighted by Crippen LogP contribution is -2.36. The van der Waals surface area contributed by atoms with E-state index in [9.17, 15) is 22.8 Å². The molecule has 0 bridgehead atoms. The van der Waals surface area contributed by atoms with Crippen molar-refractivity contribution in [1.82, 2.24) is 10.3 Å². The Bertz CT molecular complexity index is 1360. The zero-order valence-corrected chi connectivity index (χ0v) is 21.4. The minimum atomic E-state index is -4.76. The summed E-state index contributed by atoms with van der Waals surface area (Å²) in [6.45, 7) is 3.98. The number of alkyl halides is 3. The Kier molecular flexibility index (Phi) is 6.83. The van der Waals surface area contributed by atoms with E-state index in [1.54, 1.807) is 11.8 Å². The number of aromatic nitrogens is 1. The van der Waals surface area contributed by atoms with E-state index in [0.29, 0.717) is 0 Å². The van der Waals surface area contributed by atoms with Crippen molar-refractivity contribution in [2.45, 2.75) is 74.0 Å². The molecule has 1 aromatic heterocycles. The molecule has 0 spiro atoms. The van der Waals surface area contributed by atoms with E-state index in [4.69, 9.17) is 0 Å². The van der Waals surface area contributed by atoms with Gasteiger partial charge in [-0.05, 0) is 67.1 Å². The Morgan fingerprint density at radius 3 is 2.11 bits per heavy atom. The zero-order chi connectivity index (χ0) is 26.3. The van der Waals surface area contributed by atoms with Gasteiger partial charge < -0.3 is 15.6 Å². The van der Waals surface area contributed by atoms with Gasteiger partial charge in [0.2, 0.25) is 0 Å². The van der Waals surface area contributed by atoms with Crippen LogP contribution in [0.1, 0.15) is 76.5 Å². The molecule has 1 saturated carbocycles. The van der Waals surface area contributed by atoms with Crippen molar-refractivity contribution < 1.29 is 18.0 Å². The number of hydrogen-bond acceptors (Lipinski definition) is 4. The van der Waals surface area contributed by atoms with E-state index < -0.39 is 29.4 Å². The monoisotopic (exact) mass is 527 g/mol. The highest BCUT2D eigenvalue weighted by molar-refractivity contribution is 7.99. The van der Waals surface area contributed by atoms with E-state index in [2.05, 4.69) is 10.6 Å². The Labute approximate surface area is 217 Å². The lowest BCUT2D eigenvalue weighted by Gasteiger charge is -2.29. The van der Waals surface area contributed by atoms with Crippen LogP contribution in [-0.4, -0.2) is 16.9 Å². The lowest BCUT2D eigenvalue weighted by molar-refractivity contribution is -0.140. The summed E-state index contributed by atoms with van der Waals surface area (Å²) < 4.78 is 41.3. The minimum Gasteiger partial charge on any atom is -0.381 e. The van der Waals surface area contributed by atoms with Crippen molar-refractivity contribution in [3.63, 3.8) is 0 Å². The van der Waals surface area contributed by atoms with E-state index in [-0.39, 0.29) is 17.3 Å². The number of aromatic amines is 1. The third-order valence-corrected chi connectivity index (χ3v) is 8.14. The molecule has 37 heavy (non-hydrogen) atoms. The number of hydrogen-bond donors (Lipinski definition) is 3. The van der Waals surface area contributed by atoms with Gasteiger partial charge in [-0.3, -0.25) is 9.59 Å². The number of H-pyrrole nitrogens is 1. The maximum Gasteiger partial charge on any atom is 0.433 e. The van der Waals surface area contributed by atoms with Crippen LogP contribution in [0.15, 0.2) is 57.1 Å². The summed E-state index contributed by atoms with van der Waals surface area (Å²) in [5.41, 5.74) is 1.05. The highest BCUT2D eigenvalue weighted by Gasteiger charge is 2.37. The fourth-order valence-corrected chi connectivity index (χ4v) is 6.42. The van der Waals surface area contributed by atoms with Gasteiger partial charge in [0.05, 0.1) is 11.7 Å². The molecule has 3 aromatic rings. The predicted molar refractivity (Wildman–Crippen MR) is 138 cm³/mol. The number of amides is 1. The highest BCUT2D eigenvalue weighted by atomic mass is 32.2. The molecule has 0 unspecified atom stereocenters. The molecule has 194 valence electrons. The van der Waals surface area contributed by atoms with Gasteiger partial charge in [0, 0.05) is 15.8 Å². The third-order valence-electron chi connectivity index (χ3n) is 6.99. The molecule has 2 heterocycles. The van der Waals surface area contributed by atoms with Crippen LogP contribution in [-0.2, 0) is 6.18 Å². The summed E-state index contributed by atoms with van der Waals surface area (Å²) in [5, 5.41) is 5.89. The van der Waals surface area contributed by atoms with E-state index in [0.717, 1.165) is 70.2 Å². The Balaban J connectivity index is 1.52. The average molecular weight is 528 g/mol. The molecule has 0 saturated heterocycles. The summed E-state index contributed by atoms with van der Waals surface area (Å²) in [6.07, 6.45) is -0.390. The standard InChI is InChI=1S/C28H28F3N3O2S/c1-15-8-10-18-22(12-15)37-23-13-16(2)9-11-19(23)24(18)33-26(35)20-14-21(32-17-6-4-3-5-7-17)25(28(29,30)31)34-27(20)36/h8-14,17,24,32H,3-7H2,1-2H3,(H,33,35)(H,34,36). The lowest BCUT2D eigenvalue weighted by atomic mass is 9.95. The molecule has 2 aliphatic rings. The molecule has 1 aliphatic carbocycles. The molecule has 5 rings (SSSR count). The van der Waals surface area contributed by atoms with Crippen LogP contribution in [0.5, 0.6) is 0 Å². The van der Waals surface area contributed by atoms with Crippen LogP contribution in [0.3, 0.4) is 0 Å². The highest BCUT2D eigenvalue weighted by Crippen LogP contribution is 2.45. The number of anilines is 1. The Morgan fingerprint density at radius 2 is 1.54 bits per heavy atom. The Hall–Kier alpha value is -3.20. The van der Waals surface area contributed by atoms with Gasteiger partial charge in [0.25, 0.3) is 11.5 Å². The number of fused-ring (bicyclic) bond motifs is 2. The summed E-state index contributed by atoms with van der Waals surface area (Å²) in [5.74, 6) is -0.725. The molecule has 9 heteroatoms. The van der Waals surface area contributed by atoms with Crippen LogP contribution in [0.25, 0.3) is 0 Å². The first-order valence-electron chi connectivity index (χ1n) is 12.4. The van der Waals surface area contributed by atoms with Crippen LogP contribution in [0.4, 0.5) is 18.9 Å². The molecule has 0 radical (unpaired) electrons. The SMILES string of the molecule is Cc1ccc2c(c1)Sc1cc(C)ccc1C2NC(=O)c1cc(NC2CCCCC2)c(C(F)(F)F)[nH]c1=O. The van der Waals surface area contributed by atoms with Gasteiger partial charge in [-0.2, -0.15) is 13.2 Å². The number of benzene rings is 2. The zero-order valence-electron chi connectivity index (χ0n) is 20.6. The first kappa shape index (κ1) is 25.4. The van der Waals surface area contributed by atoms with E-state index in [1.165, 1.54) is 0 Å². The molecule has 1 aliphatic heterocycles. The van der Waals surface area contributed by atoms with Gasteiger partial charge in [-0.15, -0.1) is 0 Å². The number of halogens is 3. The van der Waals surface area contributed by atoms with Crippen molar-refractivity contribution in [1.29, 1.82) is 0 Å². The number of aryl methyl sites for hydroxylation is 2. The van der Waals surface area contributed by atoms with E-state index >= 15 is 0 Å². The van der Waals surface area contributed by atoms with Crippen molar-refractivity contribution >= 4 is 23.4 Å². The number of nitrogens with one attached hydrogen (secondary N) is 3. The van der Waals surface area contributed by atoms with Crippen molar-refractivity contribution in [2.75, 3.05) is 5.32 Å². The predicted octanol–water partition coefficient (Wildman–Crippen LogP) is 6.74. The Morgan fingerprint density at radius 1 is 0.946 bits per heavy atom. The summed E-state index contributed by atoms with van der Waals surface area (Å²) in [4.78, 5) is 30.1. The van der Waals surface area contributed by atoms with Gasteiger partial charge in [-0.25, -0.2) is 0 Å². The van der Waals surface area contributed by atoms with Crippen LogP contribution in [0, 0.1) is 13.8 Å². The molecule has 1 fully saturated rings. The molecule has 1 amide bonds. The number of carbonyl (C=O) groups excluding carboxylic acids is 1. The summed E-state index contributed by atoms with van der Waals surface area (Å²) in [7, 11) is 0. The molecule has 3 N–H and O–H groups in total. The molecular weight excluding hydrogens is 499 g/mol. The van der Waals surface area contributed by atoms with Gasteiger partial charge in [0.15, 0.2) is 0 Å². The topological polar surface area (TPSA) is 74.0 Å². The molecule has 0 atom stereocenters. The quantitative estimate of drug-likeness (QED) is 0.351. The number of rotatable bonds is 4. The fourth-order valence-electron chi connectivity index (χ4n) is 5.09. The maximum atomic E-state index is 13.8. The van der Waals surface area contributed by atoms with Gasteiger partial charge in [-0.1, -0.05) is 55.3 Å². The van der Waals surface area contributed by atoms with Gasteiger partial charge >= 0.3 is 6.18 Å². The van der Waals surface area contributed by atoms with E-state index in [1.807, 2.05) is 55.2 Å². The second-order valence-corrected chi connectivity index (χ2v) is 11.0. The molecular formula is C28H28F3N3O2S. The molecule has 5 nitrogen and oxygen atoms in total. The van der Waals surface area contributed by atoms with Crippen LogP contribution < -0.4 is 16.2 Å². The first-order chi connectivity index (χ1) is 17.6. The second kappa shape index (κ2) is 9.93. The number of pyridine rings is 1. The minimum absolute atomic E-state index is 0.141. The summed E-state index contributed by atoms with van der Waals surface area (Å²) in [6, 6.07) is 12.2. The van der Waals surface area contributed by atoms with Crippen molar-refractivity contribution in [2.24, 2.45) is 0 Å². The largest absolute Gasteiger partial charge is 0.433 e. The number of carbonyl (C=O) groups is 1. The second-order valence-electron chi connectivity index (χ2n) is 9.87. The maximum absolute atomic E-state index is 13.8. The first-order valence-corrected chi connectivity index (χ1v) is 13.2. The van der Waals surface area contributed by atoms with Gasteiger partial charge in [0.1, 0.15) is 11.3 Å². The smallest absolute Gasteiger partial charge is 0.381 e. The van der Waals surface area contributed by atoms with Crippen molar-refractivity contribution in [3.8, 4) is 0 Å². The third kappa shape index (κ3) is 5.28. The molecule has 2 aromatic carbocycles. The normalized spacial score (nSPS) is 16.1. The van der Waals surface area contributed by atoms with Crippen LogP contribution >= 0.6 is 11.8 Å². The fraction of sp³-hybridized carbons (Fsp3) is 0.357. The van der Waals surface area contributed by atoms with Crippen molar-refractivity contribution in [3.05, 3.63) is 86.3 Å².